The molecule has 0 N–H and O–H groups in total. The number of anilines is 1. The Hall–Kier alpha value is -2.40. The fraction of sp³-hybridized carbons (Fsp3) is 0.348. The van der Waals surface area contributed by atoms with Crippen LogP contribution in [0.15, 0.2) is 58.5 Å². The Morgan fingerprint density at radius 2 is 1.71 bits per heavy atom. The largest absolute Gasteiger partial charge is 0.367 e. The van der Waals surface area contributed by atoms with Crippen molar-refractivity contribution in [1.29, 1.82) is 0 Å². The predicted molar refractivity (Wildman–Crippen MR) is 114 cm³/mol. The van der Waals surface area contributed by atoms with Crippen LogP contribution < -0.4 is 4.90 Å². The fourth-order valence-corrected chi connectivity index (χ4v) is 5.46. The number of benzene rings is 2. The molecule has 2 aromatic carbocycles. The maximum Gasteiger partial charge on any atom is 0.210 e. The number of sulfone groups is 1. The van der Waals surface area contributed by atoms with Gasteiger partial charge >= 0.3 is 0 Å². The molecule has 2 heterocycles. The number of hydrogen-bond acceptors (Lipinski definition) is 4. The number of nitrogens with zero attached hydrogens (tertiary/aromatic N) is 2. The molecule has 0 spiro atoms. The summed E-state index contributed by atoms with van der Waals surface area (Å²) in [4.78, 5) is 7.40. The summed E-state index contributed by atoms with van der Waals surface area (Å²) in [6.07, 6.45) is 4.87. The van der Waals surface area contributed by atoms with Crippen LogP contribution in [0.3, 0.4) is 0 Å². The summed E-state index contributed by atoms with van der Waals surface area (Å²) in [5.41, 5.74) is 3.78. The van der Waals surface area contributed by atoms with Crippen molar-refractivity contribution in [3.05, 3.63) is 59.8 Å². The van der Waals surface area contributed by atoms with E-state index in [1.54, 1.807) is 18.3 Å². The molecule has 1 fully saturated rings. The van der Waals surface area contributed by atoms with Crippen molar-refractivity contribution in [2.75, 3.05) is 11.4 Å². The second-order valence-electron chi connectivity index (χ2n) is 7.85. The minimum Gasteiger partial charge on any atom is -0.367 e. The first-order chi connectivity index (χ1) is 13.4. The van der Waals surface area contributed by atoms with Crippen LogP contribution in [0, 0.1) is 13.8 Å². The molecule has 1 aliphatic heterocycles. The van der Waals surface area contributed by atoms with Gasteiger partial charge in [-0.2, -0.15) is 0 Å². The first-order valence-corrected chi connectivity index (χ1v) is 11.3. The molecule has 1 atom stereocenters. The van der Waals surface area contributed by atoms with Crippen LogP contribution in [0.1, 0.15) is 37.3 Å². The third-order valence-electron chi connectivity index (χ3n) is 5.67. The van der Waals surface area contributed by atoms with Gasteiger partial charge in [-0.3, -0.25) is 4.98 Å². The number of fused-ring (bicyclic) bond motifs is 1. The molecule has 0 amide bonds. The molecule has 4 nitrogen and oxygen atoms in total. The minimum atomic E-state index is -3.67. The van der Waals surface area contributed by atoms with Crippen LogP contribution in [-0.2, 0) is 9.84 Å². The first kappa shape index (κ1) is 18.9. The Bertz CT molecular complexity index is 1120. The van der Waals surface area contributed by atoms with Crippen molar-refractivity contribution in [3.8, 4) is 0 Å². The van der Waals surface area contributed by atoms with Crippen molar-refractivity contribution < 1.29 is 8.42 Å². The molecule has 1 unspecified atom stereocenters. The minimum absolute atomic E-state index is 0.298. The van der Waals surface area contributed by atoms with Crippen LogP contribution in [0.4, 0.5) is 5.69 Å². The summed E-state index contributed by atoms with van der Waals surface area (Å²) in [5, 5.41) is 0.918. The summed E-state index contributed by atoms with van der Waals surface area (Å²) in [5.74, 6) is 0. The molecule has 1 saturated heterocycles. The third-order valence-corrected chi connectivity index (χ3v) is 7.44. The molecular formula is C23H26N2O2S. The van der Waals surface area contributed by atoms with Crippen LogP contribution in [0.5, 0.6) is 0 Å². The maximum atomic E-state index is 13.6. The summed E-state index contributed by atoms with van der Waals surface area (Å²) < 4.78 is 27.2. The highest BCUT2D eigenvalue weighted by Gasteiger charge is 2.30. The van der Waals surface area contributed by atoms with Gasteiger partial charge in [0.25, 0.3) is 0 Å². The summed E-state index contributed by atoms with van der Waals surface area (Å²) in [6, 6.07) is 13.4. The van der Waals surface area contributed by atoms with Gasteiger partial charge in [-0.25, -0.2) is 8.42 Å². The van der Waals surface area contributed by atoms with Gasteiger partial charge in [0.2, 0.25) is 9.84 Å². The molecule has 5 heteroatoms. The summed E-state index contributed by atoms with van der Waals surface area (Å²) in [6.45, 7) is 7.04. The molecule has 0 saturated carbocycles. The number of aromatic nitrogens is 1. The summed E-state index contributed by atoms with van der Waals surface area (Å²) in [7, 11) is -3.67. The molecule has 4 rings (SSSR count). The first-order valence-electron chi connectivity index (χ1n) is 9.86. The average molecular weight is 395 g/mol. The van der Waals surface area contributed by atoms with E-state index >= 15 is 0 Å². The number of piperidine rings is 1. The van der Waals surface area contributed by atoms with Crippen molar-refractivity contribution >= 4 is 26.4 Å². The van der Waals surface area contributed by atoms with E-state index in [0.29, 0.717) is 15.8 Å². The monoisotopic (exact) mass is 394 g/mol. The number of rotatable bonds is 3. The van der Waals surface area contributed by atoms with Crippen LogP contribution in [0.2, 0.25) is 0 Å². The zero-order valence-corrected chi connectivity index (χ0v) is 17.5. The van der Waals surface area contributed by atoms with Gasteiger partial charge in [0.05, 0.1) is 16.1 Å². The van der Waals surface area contributed by atoms with Crippen LogP contribution in [-0.4, -0.2) is 26.0 Å². The maximum absolute atomic E-state index is 13.6. The smallest absolute Gasteiger partial charge is 0.210 e. The van der Waals surface area contributed by atoms with Gasteiger partial charge < -0.3 is 4.90 Å². The molecule has 1 aliphatic rings. The van der Waals surface area contributed by atoms with Gasteiger partial charge in [0, 0.05) is 24.2 Å². The van der Waals surface area contributed by atoms with E-state index in [9.17, 15) is 8.42 Å². The number of aryl methyl sites for hydroxylation is 2. The molecular weight excluding hydrogens is 368 g/mol. The van der Waals surface area contributed by atoms with Gasteiger partial charge in [-0.05, 0) is 64.3 Å². The van der Waals surface area contributed by atoms with E-state index in [2.05, 4.69) is 22.9 Å². The van der Waals surface area contributed by atoms with Gasteiger partial charge in [-0.15, -0.1) is 0 Å². The Morgan fingerprint density at radius 1 is 1.00 bits per heavy atom. The Labute approximate surface area is 167 Å². The van der Waals surface area contributed by atoms with Crippen molar-refractivity contribution in [3.63, 3.8) is 0 Å². The van der Waals surface area contributed by atoms with Crippen LogP contribution >= 0.6 is 0 Å². The highest BCUT2D eigenvalue weighted by Crippen LogP contribution is 2.39. The Balaban J connectivity index is 2.00. The lowest BCUT2D eigenvalue weighted by molar-refractivity contribution is 0.483. The van der Waals surface area contributed by atoms with Gasteiger partial charge in [0.15, 0.2) is 0 Å². The molecule has 0 radical (unpaired) electrons. The SMILES string of the molecule is Cc1ccc(S(=O)(=O)c2cnc3ccc(C)cc3c2N2CCCCC2C)cc1. The average Bonchev–Trinajstić information content (AvgIpc) is 2.68. The van der Waals surface area contributed by atoms with E-state index in [-0.39, 0.29) is 0 Å². The summed E-state index contributed by atoms with van der Waals surface area (Å²) >= 11 is 0. The lowest BCUT2D eigenvalue weighted by Crippen LogP contribution is -2.38. The molecule has 1 aromatic heterocycles. The predicted octanol–water partition coefficient (Wildman–Crippen LogP) is 5.06. The van der Waals surface area contributed by atoms with Crippen molar-refractivity contribution in [2.45, 2.75) is 55.9 Å². The number of pyridine rings is 1. The molecule has 3 aromatic rings. The Kier molecular flexibility index (Phi) is 4.88. The van der Waals surface area contributed by atoms with Crippen molar-refractivity contribution in [2.24, 2.45) is 0 Å². The van der Waals surface area contributed by atoms with E-state index < -0.39 is 9.84 Å². The second kappa shape index (κ2) is 7.21. The highest BCUT2D eigenvalue weighted by atomic mass is 32.2. The standard InChI is InChI=1S/C23H26N2O2S/c1-16-7-10-19(11-8-16)28(26,27)22-15-24-21-12-9-17(2)14-20(21)23(22)25-13-5-4-6-18(25)3/h7-12,14-15,18H,4-6,13H2,1-3H3. The topological polar surface area (TPSA) is 50.3 Å². The second-order valence-corrected chi connectivity index (χ2v) is 9.76. The molecule has 28 heavy (non-hydrogen) atoms. The quantitative estimate of drug-likeness (QED) is 0.623. The van der Waals surface area contributed by atoms with E-state index in [1.165, 1.54) is 6.42 Å². The van der Waals surface area contributed by atoms with Crippen molar-refractivity contribution in [1.82, 2.24) is 4.98 Å². The van der Waals surface area contributed by atoms with Crippen LogP contribution in [0.25, 0.3) is 10.9 Å². The molecule has 0 bridgehead atoms. The van der Waals surface area contributed by atoms with Gasteiger partial charge in [0.1, 0.15) is 4.90 Å². The normalized spacial score (nSPS) is 17.8. The Morgan fingerprint density at radius 3 is 2.43 bits per heavy atom. The lowest BCUT2D eigenvalue weighted by atomic mass is 10.0. The zero-order chi connectivity index (χ0) is 19.9. The highest BCUT2D eigenvalue weighted by molar-refractivity contribution is 7.91. The van der Waals surface area contributed by atoms with Gasteiger partial charge in [-0.1, -0.05) is 29.3 Å². The van der Waals surface area contributed by atoms with E-state index in [0.717, 1.165) is 47.1 Å². The molecule has 146 valence electrons. The zero-order valence-electron chi connectivity index (χ0n) is 16.6. The van der Waals surface area contributed by atoms with E-state index in [1.807, 2.05) is 38.1 Å². The van der Waals surface area contributed by atoms with E-state index in [4.69, 9.17) is 0 Å². The number of hydrogen-bond donors (Lipinski definition) is 0. The third kappa shape index (κ3) is 3.28. The molecule has 0 aliphatic carbocycles. The lowest BCUT2D eigenvalue weighted by Gasteiger charge is -2.37. The fourth-order valence-electron chi connectivity index (χ4n) is 4.04.